The summed E-state index contributed by atoms with van der Waals surface area (Å²) < 4.78 is 33.7. The SMILES string of the molecule is CSOON=COc1ccc(NS(C)(=O)=O)cc1. The Bertz CT molecular complexity index is 486. The van der Waals surface area contributed by atoms with Gasteiger partial charge in [0.1, 0.15) is 5.75 Å². The van der Waals surface area contributed by atoms with E-state index in [2.05, 4.69) is 19.2 Å². The maximum atomic E-state index is 11.0. The highest BCUT2D eigenvalue weighted by Crippen LogP contribution is 2.15. The standard InChI is InChI=1S/C9H12N2O5S2/c1-17-16-15-10-7-14-9-5-3-8(4-6-9)11-18(2,12)13/h3-7,11H,1-2H3. The van der Waals surface area contributed by atoms with Crippen molar-refractivity contribution < 1.29 is 22.5 Å². The minimum Gasteiger partial charge on any atom is -0.442 e. The van der Waals surface area contributed by atoms with E-state index >= 15 is 0 Å². The number of nitrogens with one attached hydrogen (secondary N) is 1. The second-order valence-corrected chi connectivity index (χ2v) is 5.25. The Morgan fingerprint density at radius 3 is 2.56 bits per heavy atom. The first-order valence-electron chi connectivity index (χ1n) is 4.64. The summed E-state index contributed by atoms with van der Waals surface area (Å²) in [5.74, 6) is 0.477. The molecule has 18 heavy (non-hydrogen) atoms. The van der Waals surface area contributed by atoms with Crippen LogP contribution in [-0.4, -0.2) is 27.3 Å². The molecule has 0 spiro atoms. The molecule has 1 aromatic carbocycles. The Balaban J connectivity index is 2.48. The molecule has 0 saturated heterocycles. The molecule has 0 fully saturated rings. The van der Waals surface area contributed by atoms with Gasteiger partial charge in [-0.15, -0.1) is 0 Å². The first-order valence-corrected chi connectivity index (χ1v) is 7.68. The Kier molecular flexibility index (Phi) is 5.75. The minimum absolute atomic E-state index is 0.448. The average molecular weight is 292 g/mol. The third kappa shape index (κ3) is 6.33. The number of oxime groups is 1. The van der Waals surface area contributed by atoms with Gasteiger partial charge >= 0.3 is 0 Å². The fraction of sp³-hybridized carbons (Fsp3) is 0.222. The lowest BCUT2D eigenvalue weighted by molar-refractivity contribution is -0.190. The van der Waals surface area contributed by atoms with Gasteiger partial charge in [0.05, 0.1) is 6.26 Å². The highest BCUT2D eigenvalue weighted by Gasteiger charge is 2.01. The van der Waals surface area contributed by atoms with E-state index in [1.54, 1.807) is 30.5 Å². The highest BCUT2D eigenvalue weighted by atomic mass is 32.2. The van der Waals surface area contributed by atoms with E-state index < -0.39 is 10.0 Å². The summed E-state index contributed by atoms with van der Waals surface area (Å²) in [6.07, 6.45) is 3.80. The van der Waals surface area contributed by atoms with E-state index in [1.165, 1.54) is 0 Å². The zero-order valence-electron chi connectivity index (χ0n) is 9.69. The topological polar surface area (TPSA) is 86.2 Å². The van der Waals surface area contributed by atoms with E-state index in [-0.39, 0.29) is 0 Å². The van der Waals surface area contributed by atoms with Crippen LogP contribution in [0.3, 0.4) is 0 Å². The van der Waals surface area contributed by atoms with Crippen LogP contribution >= 0.6 is 12.0 Å². The van der Waals surface area contributed by atoms with Crippen molar-refractivity contribution in [2.24, 2.45) is 5.16 Å². The Morgan fingerprint density at radius 1 is 1.33 bits per heavy atom. The largest absolute Gasteiger partial charge is 0.442 e. The van der Waals surface area contributed by atoms with Crippen LogP contribution in [0.15, 0.2) is 29.4 Å². The molecule has 0 heterocycles. The number of hydrogen-bond acceptors (Lipinski definition) is 7. The summed E-state index contributed by atoms with van der Waals surface area (Å²) in [4.78, 5) is 4.31. The maximum Gasteiger partial charge on any atom is 0.229 e. The molecule has 0 aliphatic heterocycles. The molecule has 100 valence electrons. The molecule has 0 atom stereocenters. The first kappa shape index (κ1) is 14.6. The van der Waals surface area contributed by atoms with Gasteiger partial charge < -0.3 is 4.74 Å². The number of rotatable bonds is 7. The maximum absolute atomic E-state index is 11.0. The van der Waals surface area contributed by atoms with Gasteiger partial charge in [-0.1, -0.05) is 4.33 Å². The van der Waals surface area contributed by atoms with E-state index in [4.69, 9.17) is 4.74 Å². The van der Waals surface area contributed by atoms with Crippen LogP contribution in [-0.2, 0) is 19.3 Å². The first-order chi connectivity index (χ1) is 8.51. The molecule has 9 heteroatoms. The quantitative estimate of drug-likeness (QED) is 0.205. The van der Waals surface area contributed by atoms with E-state index in [9.17, 15) is 8.42 Å². The molecule has 0 amide bonds. The summed E-state index contributed by atoms with van der Waals surface area (Å²) in [6, 6.07) is 6.27. The molecule has 0 saturated carbocycles. The smallest absolute Gasteiger partial charge is 0.229 e. The van der Waals surface area contributed by atoms with Crippen molar-refractivity contribution in [2.45, 2.75) is 0 Å². The molecule has 7 nitrogen and oxygen atoms in total. The van der Waals surface area contributed by atoms with Crippen molar-refractivity contribution in [3.05, 3.63) is 24.3 Å². The van der Waals surface area contributed by atoms with Crippen LogP contribution in [0.2, 0.25) is 0 Å². The van der Waals surface area contributed by atoms with Gasteiger partial charge in [-0.3, -0.25) is 4.72 Å². The predicted octanol–water partition coefficient (Wildman–Crippen LogP) is 1.61. The predicted molar refractivity (Wildman–Crippen MR) is 69.7 cm³/mol. The van der Waals surface area contributed by atoms with Crippen LogP contribution in [0.1, 0.15) is 0 Å². The van der Waals surface area contributed by atoms with Crippen molar-refractivity contribution in [3.63, 3.8) is 0 Å². The lowest BCUT2D eigenvalue weighted by Gasteiger charge is -2.04. The lowest BCUT2D eigenvalue weighted by Crippen LogP contribution is -2.09. The van der Waals surface area contributed by atoms with Crippen molar-refractivity contribution in [1.29, 1.82) is 0 Å². The van der Waals surface area contributed by atoms with Crippen molar-refractivity contribution in [3.8, 4) is 5.75 Å². The number of anilines is 1. The number of hydrogen-bond donors (Lipinski definition) is 1. The average Bonchev–Trinajstić information content (AvgIpc) is 2.29. The molecule has 0 aliphatic carbocycles. The van der Waals surface area contributed by atoms with Crippen molar-refractivity contribution >= 4 is 34.2 Å². The molecule has 1 N–H and O–H groups in total. The molecule has 0 aromatic heterocycles. The summed E-state index contributed by atoms with van der Waals surface area (Å²) in [5, 5.41) is 3.34. The molecule has 0 bridgehead atoms. The Hall–Kier alpha value is -1.45. The monoisotopic (exact) mass is 292 g/mol. The van der Waals surface area contributed by atoms with Gasteiger partial charge in [0.2, 0.25) is 16.4 Å². The van der Waals surface area contributed by atoms with Crippen LogP contribution < -0.4 is 9.46 Å². The van der Waals surface area contributed by atoms with E-state index in [1.807, 2.05) is 0 Å². The van der Waals surface area contributed by atoms with Gasteiger partial charge in [-0.05, 0) is 29.4 Å². The van der Waals surface area contributed by atoms with E-state index in [0.717, 1.165) is 24.7 Å². The molecule has 1 aromatic rings. The molecule has 0 radical (unpaired) electrons. The fourth-order valence-corrected chi connectivity index (χ4v) is 1.62. The normalized spacial score (nSPS) is 11.4. The summed E-state index contributed by atoms with van der Waals surface area (Å²) in [7, 11) is -3.27. The zero-order valence-corrected chi connectivity index (χ0v) is 11.3. The van der Waals surface area contributed by atoms with Crippen LogP contribution in [0.4, 0.5) is 5.69 Å². The Labute approximate surface area is 109 Å². The van der Waals surface area contributed by atoms with Gasteiger partial charge in [0.15, 0.2) is 0 Å². The number of ether oxygens (including phenoxy) is 1. The van der Waals surface area contributed by atoms with Crippen molar-refractivity contribution in [2.75, 3.05) is 17.2 Å². The van der Waals surface area contributed by atoms with Gasteiger partial charge in [0.25, 0.3) is 0 Å². The second kappa shape index (κ2) is 7.09. The summed E-state index contributed by atoms with van der Waals surface area (Å²) >= 11 is 0.998. The summed E-state index contributed by atoms with van der Waals surface area (Å²) in [5.41, 5.74) is 0.448. The number of sulfonamides is 1. The molecular formula is C9H12N2O5S2. The molecular weight excluding hydrogens is 280 g/mol. The van der Waals surface area contributed by atoms with Gasteiger partial charge in [-0.2, -0.15) is 0 Å². The zero-order chi connectivity index (χ0) is 13.4. The van der Waals surface area contributed by atoms with E-state index in [0.29, 0.717) is 11.4 Å². The van der Waals surface area contributed by atoms with Crippen LogP contribution in [0.5, 0.6) is 5.75 Å². The summed E-state index contributed by atoms with van der Waals surface area (Å²) in [6.45, 7) is 0. The Morgan fingerprint density at radius 2 is 2.00 bits per heavy atom. The molecule has 1 rings (SSSR count). The third-order valence-corrected chi connectivity index (χ3v) is 2.33. The number of nitrogens with zero attached hydrogens (tertiary/aromatic N) is 1. The third-order valence-electron chi connectivity index (χ3n) is 1.53. The lowest BCUT2D eigenvalue weighted by atomic mass is 10.3. The van der Waals surface area contributed by atoms with Gasteiger partial charge in [0, 0.05) is 24.0 Å². The molecule has 0 unspecified atom stereocenters. The van der Waals surface area contributed by atoms with Crippen molar-refractivity contribution in [1.82, 2.24) is 0 Å². The molecule has 0 aliphatic rings. The second-order valence-electron chi connectivity index (χ2n) is 3.04. The minimum atomic E-state index is -3.27. The van der Waals surface area contributed by atoms with Gasteiger partial charge in [-0.25, -0.2) is 13.4 Å². The van der Waals surface area contributed by atoms with Crippen LogP contribution in [0, 0.1) is 0 Å². The highest BCUT2D eigenvalue weighted by molar-refractivity contribution is 7.93. The van der Waals surface area contributed by atoms with Crippen LogP contribution in [0.25, 0.3) is 0 Å². The fourth-order valence-electron chi connectivity index (χ4n) is 0.964. The number of benzene rings is 1.